The number of hydrogen-bond acceptors (Lipinski definition) is 4. The van der Waals surface area contributed by atoms with Crippen LogP contribution in [0.3, 0.4) is 0 Å². The van der Waals surface area contributed by atoms with Crippen molar-refractivity contribution in [2.45, 2.75) is 25.5 Å². The number of amides is 1. The first-order chi connectivity index (χ1) is 12.3. The molecule has 1 heterocycles. The largest absolute Gasteiger partial charge is 0.355 e. The van der Waals surface area contributed by atoms with E-state index in [9.17, 15) is 13.2 Å². The second-order valence-electron chi connectivity index (χ2n) is 6.15. The molecule has 2 rings (SSSR count). The summed E-state index contributed by atoms with van der Waals surface area (Å²) in [6, 6.07) is 5.45. The molecule has 146 valence electrons. The molecule has 1 amide bonds. The lowest BCUT2D eigenvalue weighted by atomic mass is 9.97. The Morgan fingerprint density at radius 1 is 1.31 bits per heavy atom. The van der Waals surface area contributed by atoms with E-state index in [1.54, 1.807) is 24.8 Å². The number of thioether (sulfide) groups is 1. The SMILES string of the molecule is CCS(=O)(=O)N1CCC(C(=O)NCCSCc2ccc(Cl)cc2Cl)CC1. The van der Waals surface area contributed by atoms with E-state index in [4.69, 9.17) is 23.2 Å². The second kappa shape index (κ2) is 10.2. The average molecular weight is 439 g/mol. The van der Waals surface area contributed by atoms with Gasteiger partial charge < -0.3 is 5.32 Å². The number of piperidine rings is 1. The summed E-state index contributed by atoms with van der Waals surface area (Å²) in [6.07, 6.45) is 1.16. The van der Waals surface area contributed by atoms with Gasteiger partial charge >= 0.3 is 0 Å². The van der Waals surface area contributed by atoms with Crippen molar-refractivity contribution in [3.63, 3.8) is 0 Å². The Labute approximate surface area is 169 Å². The van der Waals surface area contributed by atoms with E-state index in [1.165, 1.54) is 4.31 Å². The highest BCUT2D eigenvalue weighted by atomic mass is 35.5. The van der Waals surface area contributed by atoms with Crippen LogP contribution in [-0.4, -0.2) is 49.8 Å². The van der Waals surface area contributed by atoms with E-state index in [-0.39, 0.29) is 17.6 Å². The van der Waals surface area contributed by atoms with E-state index in [0.29, 0.717) is 42.5 Å². The van der Waals surface area contributed by atoms with Crippen molar-refractivity contribution in [2.24, 2.45) is 5.92 Å². The predicted octanol–water partition coefficient (Wildman–Crippen LogP) is 3.40. The molecule has 1 saturated heterocycles. The molecule has 1 aromatic carbocycles. The van der Waals surface area contributed by atoms with Gasteiger partial charge in [-0.3, -0.25) is 4.79 Å². The molecular formula is C17H24Cl2N2O3S2. The molecule has 0 spiro atoms. The van der Waals surface area contributed by atoms with Gasteiger partial charge in [0.05, 0.1) is 5.75 Å². The van der Waals surface area contributed by atoms with E-state index >= 15 is 0 Å². The van der Waals surface area contributed by atoms with Crippen LogP contribution in [-0.2, 0) is 20.6 Å². The minimum atomic E-state index is -3.15. The van der Waals surface area contributed by atoms with Gasteiger partial charge in [0.1, 0.15) is 0 Å². The van der Waals surface area contributed by atoms with E-state index in [1.807, 2.05) is 12.1 Å². The predicted molar refractivity (Wildman–Crippen MR) is 109 cm³/mol. The molecule has 9 heteroatoms. The van der Waals surface area contributed by atoms with Gasteiger partial charge in [0.2, 0.25) is 15.9 Å². The van der Waals surface area contributed by atoms with E-state index in [2.05, 4.69) is 5.32 Å². The molecule has 1 aliphatic rings. The van der Waals surface area contributed by atoms with Gasteiger partial charge in [0.15, 0.2) is 0 Å². The normalized spacial score (nSPS) is 16.6. The lowest BCUT2D eigenvalue weighted by Crippen LogP contribution is -2.43. The Morgan fingerprint density at radius 2 is 2.00 bits per heavy atom. The average Bonchev–Trinajstić information content (AvgIpc) is 2.63. The molecular weight excluding hydrogens is 415 g/mol. The van der Waals surface area contributed by atoms with Crippen LogP contribution in [0.4, 0.5) is 0 Å². The molecule has 1 aromatic rings. The molecule has 1 aliphatic heterocycles. The Balaban J connectivity index is 1.65. The van der Waals surface area contributed by atoms with Crippen molar-refractivity contribution in [2.75, 3.05) is 31.1 Å². The molecule has 0 aromatic heterocycles. The smallest absolute Gasteiger partial charge is 0.223 e. The highest BCUT2D eigenvalue weighted by Crippen LogP contribution is 2.24. The minimum absolute atomic E-state index is 0.0173. The second-order valence-corrected chi connectivity index (χ2v) is 10.4. The lowest BCUT2D eigenvalue weighted by Gasteiger charge is -2.30. The van der Waals surface area contributed by atoms with Crippen molar-refractivity contribution in [1.29, 1.82) is 0 Å². The number of nitrogens with one attached hydrogen (secondary N) is 1. The van der Waals surface area contributed by atoms with E-state index < -0.39 is 10.0 Å². The molecule has 1 fully saturated rings. The first-order valence-corrected chi connectivity index (χ1v) is 12.1. The molecule has 5 nitrogen and oxygen atoms in total. The summed E-state index contributed by atoms with van der Waals surface area (Å²) >= 11 is 13.7. The Hall–Kier alpha value is -0.470. The van der Waals surface area contributed by atoms with Crippen LogP contribution in [0, 0.1) is 5.92 Å². The maximum atomic E-state index is 12.2. The van der Waals surface area contributed by atoms with Crippen molar-refractivity contribution in [1.82, 2.24) is 9.62 Å². The zero-order valence-corrected chi connectivity index (χ0v) is 17.9. The number of halogens is 2. The summed E-state index contributed by atoms with van der Waals surface area (Å²) in [4.78, 5) is 12.2. The molecule has 0 bridgehead atoms. The minimum Gasteiger partial charge on any atom is -0.355 e. The number of nitrogens with zero attached hydrogens (tertiary/aromatic N) is 1. The third-order valence-corrected chi connectivity index (χ3v) is 7.88. The maximum Gasteiger partial charge on any atom is 0.223 e. The standard InChI is InChI=1S/C17H24Cl2N2O3S2/c1-2-26(23,24)21-8-5-13(6-9-21)17(22)20-7-10-25-12-14-3-4-15(18)11-16(14)19/h3-4,11,13H,2,5-10,12H2,1H3,(H,20,22). The monoisotopic (exact) mass is 438 g/mol. The van der Waals surface area contributed by atoms with Crippen molar-refractivity contribution in [3.8, 4) is 0 Å². The Morgan fingerprint density at radius 3 is 2.62 bits per heavy atom. The number of carbonyl (C=O) groups excluding carboxylic acids is 1. The fourth-order valence-corrected chi connectivity index (χ4v) is 5.34. The van der Waals surface area contributed by atoms with Crippen molar-refractivity contribution < 1.29 is 13.2 Å². The first-order valence-electron chi connectivity index (χ1n) is 8.60. The fourth-order valence-electron chi connectivity index (χ4n) is 2.79. The Kier molecular flexibility index (Phi) is 8.54. The van der Waals surface area contributed by atoms with Gasteiger partial charge in [0, 0.05) is 47.1 Å². The number of benzene rings is 1. The number of rotatable bonds is 8. The van der Waals surface area contributed by atoms with Crippen LogP contribution in [0.2, 0.25) is 10.0 Å². The Bertz CT molecular complexity index is 721. The van der Waals surface area contributed by atoms with Gasteiger partial charge in [-0.05, 0) is 37.5 Å². The van der Waals surface area contributed by atoms with Crippen LogP contribution in [0.5, 0.6) is 0 Å². The summed E-state index contributed by atoms with van der Waals surface area (Å²) in [7, 11) is -3.15. The number of hydrogen-bond donors (Lipinski definition) is 1. The highest BCUT2D eigenvalue weighted by molar-refractivity contribution is 7.98. The lowest BCUT2D eigenvalue weighted by molar-refractivity contribution is -0.125. The topological polar surface area (TPSA) is 66.5 Å². The molecule has 26 heavy (non-hydrogen) atoms. The summed E-state index contributed by atoms with van der Waals surface area (Å²) in [5.41, 5.74) is 1.02. The zero-order chi connectivity index (χ0) is 19.2. The molecule has 1 N–H and O–H groups in total. The summed E-state index contributed by atoms with van der Waals surface area (Å²) in [5.74, 6) is 1.57. The first kappa shape index (κ1) is 21.8. The number of sulfonamides is 1. The van der Waals surface area contributed by atoms with E-state index in [0.717, 1.165) is 17.1 Å². The van der Waals surface area contributed by atoms with Crippen LogP contribution in [0.1, 0.15) is 25.3 Å². The molecule has 0 atom stereocenters. The van der Waals surface area contributed by atoms with Gasteiger partial charge in [-0.15, -0.1) is 0 Å². The van der Waals surface area contributed by atoms with Gasteiger partial charge in [-0.1, -0.05) is 29.3 Å². The van der Waals surface area contributed by atoms with Crippen LogP contribution < -0.4 is 5.32 Å². The summed E-state index contributed by atoms with van der Waals surface area (Å²) < 4.78 is 25.2. The van der Waals surface area contributed by atoms with Crippen LogP contribution >= 0.6 is 35.0 Å². The molecule has 0 unspecified atom stereocenters. The maximum absolute atomic E-state index is 12.2. The summed E-state index contributed by atoms with van der Waals surface area (Å²) in [5, 5.41) is 4.22. The van der Waals surface area contributed by atoms with Gasteiger partial charge in [0.25, 0.3) is 0 Å². The fraction of sp³-hybridized carbons (Fsp3) is 0.588. The number of carbonyl (C=O) groups is 1. The third kappa shape index (κ3) is 6.30. The highest BCUT2D eigenvalue weighted by Gasteiger charge is 2.29. The quantitative estimate of drug-likeness (QED) is 0.631. The summed E-state index contributed by atoms with van der Waals surface area (Å²) in [6.45, 7) is 3.08. The zero-order valence-electron chi connectivity index (χ0n) is 14.7. The third-order valence-electron chi connectivity index (χ3n) is 4.40. The van der Waals surface area contributed by atoms with Gasteiger partial charge in [-0.2, -0.15) is 11.8 Å². The van der Waals surface area contributed by atoms with Crippen molar-refractivity contribution >= 4 is 50.9 Å². The molecule has 0 aliphatic carbocycles. The van der Waals surface area contributed by atoms with Gasteiger partial charge in [-0.25, -0.2) is 12.7 Å². The van der Waals surface area contributed by atoms with Crippen LogP contribution in [0.25, 0.3) is 0 Å². The molecule has 0 radical (unpaired) electrons. The van der Waals surface area contributed by atoms with Crippen LogP contribution in [0.15, 0.2) is 18.2 Å². The molecule has 0 saturated carbocycles. The van der Waals surface area contributed by atoms with Crippen molar-refractivity contribution in [3.05, 3.63) is 33.8 Å².